The Bertz CT molecular complexity index is 382. The van der Waals surface area contributed by atoms with Crippen LogP contribution >= 0.6 is 11.8 Å². The molecule has 1 aromatic rings. The van der Waals surface area contributed by atoms with E-state index in [-0.39, 0.29) is 17.5 Å². The van der Waals surface area contributed by atoms with Crippen LogP contribution in [-0.4, -0.2) is 25.4 Å². The van der Waals surface area contributed by atoms with Gasteiger partial charge in [0.2, 0.25) is 0 Å². The molecule has 17 heavy (non-hydrogen) atoms. The van der Waals surface area contributed by atoms with Crippen molar-refractivity contribution >= 4 is 17.7 Å². The molecule has 0 heterocycles. The van der Waals surface area contributed by atoms with E-state index < -0.39 is 0 Å². The molecule has 0 aliphatic rings. The van der Waals surface area contributed by atoms with Crippen LogP contribution < -0.4 is 4.74 Å². The highest BCUT2D eigenvalue weighted by Gasteiger charge is 2.06. The average Bonchev–Trinajstić information content (AvgIpc) is 2.32. The molecule has 5 heteroatoms. The zero-order valence-corrected chi connectivity index (χ0v) is 10.7. The lowest BCUT2D eigenvalue weighted by Crippen LogP contribution is -2.06. The smallest absolute Gasteiger partial charge is 0.315 e. The van der Waals surface area contributed by atoms with Crippen LogP contribution in [0, 0.1) is 5.82 Å². The third-order valence-electron chi connectivity index (χ3n) is 2.04. The fraction of sp³-hybridized carbons (Fsp3) is 0.417. The summed E-state index contributed by atoms with van der Waals surface area (Å²) in [4.78, 5) is 11.1. The number of halogens is 1. The third kappa shape index (κ3) is 4.65. The summed E-state index contributed by atoms with van der Waals surface area (Å²) in [7, 11) is 1.53. The molecular weight excluding hydrogens is 243 g/mol. The molecule has 0 saturated heterocycles. The summed E-state index contributed by atoms with van der Waals surface area (Å²) in [5, 5.41) is 0. The normalized spacial score (nSPS) is 10.1. The van der Waals surface area contributed by atoms with Crippen molar-refractivity contribution in [2.24, 2.45) is 0 Å². The van der Waals surface area contributed by atoms with E-state index in [0.717, 1.165) is 0 Å². The Morgan fingerprint density at radius 3 is 2.88 bits per heavy atom. The first-order valence-corrected chi connectivity index (χ1v) is 6.38. The van der Waals surface area contributed by atoms with Gasteiger partial charge >= 0.3 is 5.97 Å². The van der Waals surface area contributed by atoms with Gasteiger partial charge in [-0.2, -0.15) is 0 Å². The van der Waals surface area contributed by atoms with E-state index in [4.69, 9.17) is 9.47 Å². The monoisotopic (exact) mass is 258 g/mol. The van der Waals surface area contributed by atoms with Gasteiger partial charge in [0, 0.05) is 11.3 Å². The van der Waals surface area contributed by atoms with Gasteiger partial charge in [-0.05, 0) is 25.1 Å². The second-order valence-electron chi connectivity index (χ2n) is 3.26. The van der Waals surface area contributed by atoms with Crippen LogP contribution in [0.25, 0.3) is 0 Å². The van der Waals surface area contributed by atoms with Gasteiger partial charge in [-0.3, -0.25) is 4.79 Å². The summed E-state index contributed by atoms with van der Waals surface area (Å²) in [6.45, 7) is 2.12. The van der Waals surface area contributed by atoms with Gasteiger partial charge in [0.1, 0.15) is 11.6 Å². The lowest BCUT2D eigenvalue weighted by atomic mass is 10.2. The molecule has 0 aliphatic carbocycles. The van der Waals surface area contributed by atoms with E-state index in [1.807, 2.05) is 0 Å². The number of hydrogen-bond acceptors (Lipinski definition) is 4. The number of hydrogen-bond donors (Lipinski definition) is 0. The topological polar surface area (TPSA) is 35.5 Å². The maximum atomic E-state index is 13.4. The van der Waals surface area contributed by atoms with Crippen LogP contribution in [0.1, 0.15) is 12.5 Å². The fourth-order valence-corrected chi connectivity index (χ4v) is 2.03. The minimum atomic E-state index is -0.290. The van der Waals surface area contributed by atoms with E-state index in [0.29, 0.717) is 23.7 Å². The molecule has 0 spiro atoms. The summed E-state index contributed by atoms with van der Waals surface area (Å²) < 4.78 is 23.2. The maximum Gasteiger partial charge on any atom is 0.315 e. The highest BCUT2D eigenvalue weighted by molar-refractivity contribution is 7.99. The predicted octanol–water partition coefficient (Wildman–Crippen LogP) is 2.63. The largest absolute Gasteiger partial charge is 0.497 e. The molecule has 0 bridgehead atoms. The minimum absolute atomic E-state index is 0.227. The lowest BCUT2D eigenvalue weighted by Gasteiger charge is -2.06. The van der Waals surface area contributed by atoms with Crippen molar-refractivity contribution in [2.75, 3.05) is 19.5 Å². The Hall–Kier alpha value is -1.23. The molecular formula is C12H15FO3S. The van der Waals surface area contributed by atoms with Gasteiger partial charge in [0.25, 0.3) is 0 Å². The molecule has 0 N–H and O–H groups in total. The number of rotatable bonds is 6. The molecule has 0 aromatic heterocycles. The Morgan fingerprint density at radius 1 is 1.47 bits per heavy atom. The highest BCUT2D eigenvalue weighted by atomic mass is 32.2. The van der Waals surface area contributed by atoms with Crippen molar-refractivity contribution in [1.82, 2.24) is 0 Å². The zero-order chi connectivity index (χ0) is 12.7. The molecule has 0 amide bonds. The Balaban J connectivity index is 2.48. The average molecular weight is 258 g/mol. The zero-order valence-electron chi connectivity index (χ0n) is 9.86. The van der Waals surface area contributed by atoms with Crippen LogP contribution in [0.4, 0.5) is 4.39 Å². The molecule has 0 atom stereocenters. The second-order valence-corrected chi connectivity index (χ2v) is 4.24. The molecule has 1 rings (SSSR count). The summed E-state index contributed by atoms with van der Waals surface area (Å²) >= 11 is 1.32. The van der Waals surface area contributed by atoms with Crippen LogP contribution in [-0.2, 0) is 15.3 Å². The molecule has 94 valence electrons. The third-order valence-corrected chi connectivity index (χ3v) is 2.99. The Labute approximate surface area is 104 Å². The Morgan fingerprint density at radius 2 is 2.24 bits per heavy atom. The van der Waals surface area contributed by atoms with E-state index in [2.05, 4.69) is 0 Å². The standard InChI is InChI=1S/C12H15FO3S/c1-3-16-12(14)8-17-7-9-6-10(15-2)4-5-11(9)13/h4-6H,3,7-8H2,1-2H3. The van der Waals surface area contributed by atoms with E-state index in [1.54, 1.807) is 19.1 Å². The highest BCUT2D eigenvalue weighted by Crippen LogP contribution is 2.21. The number of carbonyl (C=O) groups excluding carboxylic acids is 1. The van der Waals surface area contributed by atoms with Crippen molar-refractivity contribution in [3.63, 3.8) is 0 Å². The molecule has 0 aliphatic heterocycles. The van der Waals surface area contributed by atoms with Gasteiger partial charge in [0.15, 0.2) is 0 Å². The summed E-state index contributed by atoms with van der Waals surface area (Å²) in [5.74, 6) is 0.688. The number of thioether (sulfide) groups is 1. The maximum absolute atomic E-state index is 13.4. The number of carbonyl (C=O) groups is 1. The molecule has 1 aromatic carbocycles. The van der Waals surface area contributed by atoms with Gasteiger partial charge in [-0.15, -0.1) is 11.8 Å². The quantitative estimate of drug-likeness (QED) is 0.735. The van der Waals surface area contributed by atoms with Crippen LogP contribution in [0.5, 0.6) is 5.75 Å². The molecule has 3 nitrogen and oxygen atoms in total. The number of esters is 1. The Kier molecular flexibility index (Phi) is 5.83. The van der Waals surface area contributed by atoms with Crippen molar-refractivity contribution in [3.8, 4) is 5.75 Å². The molecule has 0 fully saturated rings. The van der Waals surface area contributed by atoms with Crippen molar-refractivity contribution in [3.05, 3.63) is 29.6 Å². The number of methoxy groups -OCH3 is 1. The van der Waals surface area contributed by atoms with Crippen molar-refractivity contribution in [1.29, 1.82) is 0 Å². The van der Waals surface area contributed by atoms with Crippen LogP contribution in [0.15, 0.2) is 18.2 Å². The summed E-state index contributed by atoms with van der Waals surface area (Å²) in [5.41, 5.74) is 0.527. The van der Waals surface area contributed by atoms with Crippen LogP contribution in [0.2, 0.25) is 0 Å². The van der Waals surface area contributed by atoms with Gasteiger partial charge in [-0.25, -0.2) is 4.39 Å². The number of ether oxygens (including phenoxy) is 2. The predicted molar refractivity (Wildman–Crippen MR) is 65.7 cm³/mol. The molecule has 0 unspecified atom stereocenters. The fourth-order valence-electron chi connectivity index (χ4n) is 1.24. The second kappa shape index (κ2) is 7.17. The minimum Gasteiger partial charge on any atom is -0.497 e. The number of benzene rings is 1. The first-order chi connectivity index (χ1) is 8.17. The summed E-state index contributed by atoms with van der Waals surface area (Å²) in [6.07, 6.45) is 0. The van der Waals surface area contributed by atoms with Gasteiger partial charge in [0.05, 0.1) is 19.5 Å². The summed E-state index contributed by atoms with van der Waals surface area (Å²) in [6, 6.07) is 4.56. The van der Waals surface area contributed by atoms with E-state index >= 15 is 0 Å². The van der Waals surface area contributed by atoms with E-state index in [1.165, 1.54) is 24.9 Å². The first kappa shape index (κ1) is 13.8. The first-order valence-electron chi connectivity index (χ1n) is 5.23. The van der Waals surface area contributed by atoms with Gasteiger partial charge < -0.3 is 9.47 Å². The van der Waals surface area contributed by atoms with Crippen LogP contribution in [0.3, 0.4) is 0 Å². The van der Waals surface area contributed by atoms with Crippen molar-refractivity contribution in [2.45, 2.75) is 12.7 Å². The van der Waals surface area contributed by atoms with Gasteiger partial charge in [-0.1, -0.05) is 0 Å². The molecule has 0 radical (unpaired) electrons. The van der Waals surface area contributed by atoms with Crippen molar-refractivity contribution < 1.29 is 18.7 Å². The SMILES string of the molecule is CCOC(=O)CSCc1cc(OC)ccc1F. The lowest BCUT2D eigenvalue weighted by molar-refractivity contribution is -0.139. The van der Waals surface area contributed by atoms with E-state index in [9.17, 15) is 9.18 Å². The molecule has 0 saturated carbocycles.